The summed E-state index contributed by atoms with van der Waals surface area (Å²) in [7, 11) is 0. The Morgan fingerprint density at radius 3 is 2.17 bits per heavy atom. The number of nitrogens with zero attached hydrogens (tertiary/aromatic N) is 2. The van der Waals surface area contributed by atoms with Gasteiger partial charge in [0.15, 0.2) is 6.23 Å². The molecular formula is C14H20N2O7. The summed E-state index contributed by atoms with van der Waals surface area (Å²) in [5.74, 6) is -1.31. The topological polar surface area (TPSA) is 102 Å². The van der Waals surface area contributed by atoms with Crippen LogP contribution in [0.15, 0.2) is 0 Å². The van der Waals surface area contributed by atoms with E-state index in [1.165, 1.54) is 4.90 Å². The third kappa shape index (κ3) is 3.91. The SMILES string of the molecule is CC1CN(C(=O)OC(C)(C)C)C1OC(=O)ON1C(=O)CCC1=O. The van der Waals surface area contributed by atoms with Crippen molar-refractivity contribution in [2.24, 2.45) is 5.92 Å². The number of imide groups is 1. The number of carbonyl (C=O) groups excluding carboxylic acids is 4. The molecule has 0 aromatic heterocycles. The molecule has 2 saturated heterocycles. The van der Waals surface area contributed by atoms with Gasteiger partial charge >= 0.3 is 12.2 Å². The van der Waals surface area contributed by atoms with Crippen LogP contribution in [0, 0.1) is 5.92 Å². The molecule has 0 aromatic carbocycles. The largest absolute Gasteiger partial charge is 0.535 e. The van der Waals surface area contributed by atoms with Crippen LogP contribution in [-0.4, -0.2) is 52.4 Å². The molecule has 0 aliphatic carbocycles. The van der Waals surface area contributed by atoms with E-state index >= 15 is 0 Å². The van der Waals surface area contributed by atoms with Gasteiger partial charge in [0, 0.05) is 25.3 Å². The maximum atomic E-state index is 12.0. The number of hydroxylamine groups is 2. The molecule has 23 heavy (non-hydrogen) atoms. The summed E-state index contributed by atoms with van der Waals surface area (Å²) in [6.07, 6.45) is -2.68. The summed E-state index contributed by atoms with van der Waals surface area (Å²) in [4.78, 5) is 52.3. The quantitative estimate of drug-likeness (QED) is 0.558. The van der Waals surface area contributed by atoms with Crippen LogP contribution < -0.4 is 0 Å². The highest BCUT2D eigenvalue weighted by molar-refractivity contribution is 6.01. The van der Waals surface area contributed by atoms with E-state index in [-0.39, 0.29) is 18.8 Å². The lowest BCUT2D eigenvalue weighted by atomic mass is 10.0. The Bertz CT molecular complexity index is 524. The second kappa shape index (κ2) is 6.05. The molecule has 128 valence electrons. The van der Waals surface area contributed by atoms with Crippen LogP contribution >= 0.6 is 0 Å². The molecule has 9 heteroatoms. The molecule has 0 aromatic rings. The van der Waals surface area contributed by atoms with Crippen molar-refractivity contribution in [2.45, 2.75) is 52.4 Å². The Balaban J connectivity index is 1.90. The third-order valence-electron chi connectivity index (χ3n) is 3.30. The average Bonchev–Trinajstić information content (AvgIpc) is 2.72. The van der Waals surface area contributed by atoms with Gasteiger partial charge < -0.3 is 9.47 Å². The van der Waals surface area contributed by atoms with Crippen molar-refractivity contribution >= 4 is 24.1 Å². The second-order valence-electron chi connectivity index (χ2n) is 6.54. The summed E-state index contributed by atoms with van der Waals surface area (Å²) in [6.45, 7) is 7.33. The summed E-state index contributed by atoms with van der Waals surface area (Å²) in [5, 5.41) is 0.392. The minimum atomic E-state index is -1.21. The first kappa shape index (κ1) is 17.0. The van der Waals surface area contributed by atoms with Crippen LogP contribution in [0.5, 0.6) is 0 Å². The summed E-state index contributed by atoms with van der Waals surface area (Å²) in [5.41, 5.74) is -0.671. The van der Waals surface area contributed by atoms with Gasteiger partial charge in [-0.2, -0.15) is 0 Å². The zero-order valence-electron chi connectivity index (χ0n) is 13.5. The van der Waals surface area contributed by atoms with Crippen molar-refractivity contribution in [1.29, 1.82) is 0 Å². The van der Waals surface area contributed by atoms with Crippen molar-refractivity contribution < 1.29 is 33.5 Å². The van der Waals surface area contributed by atoms with Crippen molar-refractivity contribution in [3.8, 4) is 0 Å². The molecule has 2 unspecified atom stereocenters. The molecule has 3 amide bonds. The summed E-state index contributed by atoms with van der Waals surface area (Å²) < 4.78 is 10.2. The van der Waals surface area contributed by atoms with E-state index in [4.69, 9.17) is 9.47 Å². The third-order valence-corrected chi connectivity index (χ3v) is 3.30. The van der Waals surface area contributed by atoms with Gasteiger partial charge in [0.1, 0.15) is 5.60 Å². The van der Waals surface area contributed by atoms with Crippen molar-refractivity contribution in [3.05, 3.63) is 0 Å². The zero-order valence-corrected chi connectivity index (χ0v) is 13.5. The molecule has 0 bridgehead atoms. The van der Waals surface area contributed by atoms with Crippen LogP contribution in [0.3, 0.4) is 0 Å². The lowest BCUT2D eigenvalue weighted by Crippen LogP contribution is -2.60. The smallest absolute Gasteiger partial charge is 0.444 e. The van der Waals surface area contributed by atoms with Gasteiger partial charge in [-0.15, -0.1) is 0 Å². The van der Waals surface area contributed by atoms with E-state index < -0.39 is 35.9 Å². The van der Waals surface area contributed by atoms with Gasteiger partial charge in [0.05, 0.1) is 0 Å². The van der Waals surface area contributed by atoms with Crippen LogP contribution in [0.4, 0.5) is 9.59 Å². The van der Waals surface area contributed by atoms with Crippen LogP contribution in [-0.2, 0) is 23.9 Å². The minimum Gasteiger partial charge on any atom is -0.444 e. The number of likely N-dealkylation sites (tertiary alicyclic amines) is 1. The van der Waals surface area contributed by atoms with Crippen molar-refractivity contribution in [3.63, 3.8) is 0 Å². The number of amides is 3. The monoisotopic (exact) mass is 328 g/mol. The highest BCUT2D eigenvalue weighted by Gasteiger charge is 2.45. The fraction of sp³-hybridized carbons (Fsp3) is 0.714. The Morgan fingerprint density at radius 1 is 1.13 bits per heavy atom. The number of hydrogen-bond donors (Lipinski definition) is 0. The maximum absolute atomic E-state index is 12.0. The molecule has 2 fully saturated rings. The predicted octanol–water partition coefficient (Wildman–Crippen LogP) is 1.42. The van der Waals surface area contributed by atoms with Crippen LogP contribution in [0.2, 0.25) is 0 Å². The maximum Gasteiger partial charge on any atom is 0.535 e. The van der Waals surface area contributed by atoms with Gasteiger partial charge in [0.2, 0.25) is 0 Å². The lowest BCUT2D eigenvalue weighted by Gasteiger charge is -2.44. The Labute approximate surface area is 133 Å². The van der Waals surface area contributed by atoms with E-state index in [9.17, 15) is 19.2 Å². The van der Waals surface area contributed by atoms with Crippen molar-refractivity contribution in [1.82, 2.24) is 9.96 Å². The summed E-state index contributed by atoms with van der Waals surface area (Å²) >= 11 is 0. The summed E-state index contributed by atoms with van der Waals surface area (Å²) in [6, 6.07) is 0. The van der Waals surface area contributed by atoms with Crippen LogP contribution in [0.1, 0.15) is 40.5 Å². The van der Waals surface area contributed by atoms with Crippen molar-refractivity contribution in [2.75, 3.05) is 6.54 Å². The minimum absolute atomic E-state index is 0.00399. The first-order valence-corrected chi connectivity index (χ1v) is 7.32. The van der Waals surface area contributed by atoms with E-state index in [1.54, 1.807) is 27.7 Å². The Morgan fingerprint density at radius 2 is 1.70 bits per heavy atom. The highest BCUT2D eigenvalue weighted by Crippen LogP contribution is 2.28. The van der Waals surface area contributed by atoms with Gasteiger partial charge in [-0.1, -0.05) is 12.0 Å². The van der Waals surface area contributed by atoms with E-state index in [2.05, 4.69) is 4.84 Å². The first-order chi connectivity index (χ1) is 10.6. The highest BCUT2D eigenvalue weighted by atomic mass is 16.8. The second-order valence-corrected chi connectivity index (χ2v) is 6.54. The number of carbonyl (C=O) groups is 4. The fourth-order valence-corrected chi connectivity index (χ4v) is 2.20. The molecule has 2 rings (SSSR count). The molecular weight excluding hydrogens is 308 g/mol. The number of ether oxygens (including phenoxy) is 2. The normalized spacial score (nSPS) is 24.3. The van der Waals surface area contributed by atoms with Gasteiger partial charge in [-0.25, -0.2) is 9.59 Å². The molecule has 9 nitrogen and oxygen atoms in total. The predicted molar refractivity (Wildman–Crippen MR) is 74.5 cm³/mol. The van der Waals surface area contributed by atoms with E-state index in [0.717, 1.165) is 0 Å². The fourth-order valence-electron chi connectivity index (χ4n) is 2.20. The van der Waals surface area contributed by atoms with E-state index in [0.29, 0.717) is 11.6 Å². The zero-order chi connectivity index (χ0) is 17.4. The van der Waals surface area contributed by atoms with Gasteiger partial charge in [-0.3, -0.25) is 19.3 Å². The first-order valence-electron chi connectivity index (χ1n) is 7.32. The van der Waals surface area contributed by atoms with Gasteiger partial charge in [0.25, 0.3) is 11.8 Å². The molecule has 0 saturated carbocycles. The molecule has 2 heterocycles. The average molecular weight is 328 g/mol. The molecule has 2 atom stereocenters. The number of rotatable bonds is 2. The number of hydrogen-bond acceptors (Lipinski definition) is 7. The lowest BCUT2D eigenvalue weighted by molar-refractivity contribution is -0.190. The van der Waals surface area contributed by atoms with E-state index in [1.807, 2.05) is 0 Å². The standard InChI is InChI=1S/C14H20N2O7/c1-8-7-15(12(19)22-14(2,3)4)11(8)21-13(20)23-16-9(17)5-6-10(16)18/h8,11H,5-7H2,1-4H3. The molecule has 2 aliphatic rings. The Kier molecular flexibility index (Phi) is 4.49. The van der Waals surface area contributed by atoms with Gasteiger partial charge in [-0.05, 0) is 20.8 Å². The molecule has 0 radical (unpaired) electrons. The molecule has 0 spiro atoms. The molecule has 0 N–H and O–H groups in total. The molecule has 2 aliphatic heterocycles. The van der Waals surface area contributed by atoms with Crippen LogP contribution in [0.25, 0.3) is 0 Å². The Hall–Kier alpha value is -2.32.